The lowest BCUT2D eigenvalue weighted by atomic mass is 10.1. The number of carbonyl (C=O) groups excluding carboxylic acids is 2. The van der Waals surface area contributed by atoms with Gasteiger partial charge in [0, 0.05) is 22.3 Å². The van der Waals surface area contributed by atoms with Gasteiger partial charge in [-0.3, -0.25) is 14.9 Å². The second-order valence-corrected chi connectivity index (χ2v) is 12.6. The van der Waals surface area contributed by atoms with Crippen LogP contribution in [0.1, 0.15) is 15.9 Å². The van der Waals surface area contributed by atoms with Crippen LogP contribution in [-0.2, 0) is 14.8 Å². The number of sulfonamides is 1. The maximum Gasteiger partial charge on any atom is 0.276 e. The first-order valence-electron chi connectivity index (χ1n) is 13.0. The van der Waals surface area contributed by atoms with Crippen molar-refractivity contribution in [3.8, 4) is 22.6 Å². The Bertz CT molecular complexity index is 2110. The van der Waals surface area contributed by atoms with Crippen LogP contribution >= 0.6 is 23.4 Å². The average Bonchev–Trinajstić information content (AvgIpc) is 3.73. The number of nitrogen functional groups attached to an aromatic ring is 1. The van der Waals surface area contributed by atoms with Gasteiger partial charge >= 0.3 is 0 Å². The monoisotopic (exact) mass is 659 g/mol. The molecule has 1 aliphatic rings. The van der Waals surface area contributed by atoms with Crippen LogP contribution in [0.25, 0.3) is 28.7 Å². The number of anilines is 1. The number of carbonyl (C=O) groups is 2. The van der Waals surface area contributed by atoms with Gasteiger partial charge < -0.3 is 5.73 Å². The minimum atomic E-state index is -3.87. The van der Waals surface area contributed by atoms with Crippen LogP contribution in [0.4, 0.5) is 5.82 Å². The average molecular weight is 660 g/mol. The minimum Gasteiger partial charge on any atom is -0.383 e. The Morgan fingerprint density at radius 1 is 1.02 bits per heavy atom. The first-order valence-corrected chi connectivity index (χ1v) is 15.8. The number of nitrogens with zero attached hydrogens (tertiary/aromatic N) is 5. The van der Waals surface area contributed by atoms with E-state index in [-0.39, 0.29) is 21.4 Å². The van der Waals surface area contributed by atoms with E-state index in [1.165, 1.54) is 35.1 Å². The number of nitrogens with two attached hydrogens (primary N) is 2. The summed E-state index contributed by atoms with van der Waals surface area (Å²) in [6, 6.07) is 22.3. The number of halogens is 1. The zero-order valence-corrected chi connectivity index (χ0v) is 25.3. The lowest BCUT2D eigenvalue weighted by Gasteiger charge is -2.06. The molecule has 1 fully saturated rings. The van der Waals surface area contributed by atoms with E-state index in [1.807, 2.05) is 48.7 Å². The number of hydrogen-bond acceptors (Lipinski definition) is 9. The van der Waals surface area contributed by atoms with Crippen LogP contribution in [0, 0.1) is 0 Å². The third-order valence-electron chi connectivity index (χ3n) is 6.54. The molecule has 5 aromatic rings. The van der Waals surface area contributed by atoms with Gasteiger partial charge in [0.05, 0.1) is 33.1 Å². The maximum atomic E-state index is 12.9. The summed E-state index contributed by atoms with van der Waals surface area (Å²) in [7, 11) is -3.87. The first kappa shape index (κ1) is 29.8. The molecule has 0 unspecified atom stereocenters. The molecule has 6 N–H and O–H groups in total. The van der Waals surface area contributed by atoms with Crippen molar-refractivity contribution in [2.75, 3.05) is 5.73 Å². The van der Waals surface area contributed by atoms with E-state index in [4.69, 9.17) is 27.6 Å². The Kier molecular flexibility index (Phi) is 7.99. The van der Waals surface area contributed by atoms with Crippen LogP contribution in [-0.4, -0.2) is 45.0 Å². The molecule has 1 saturated heterocycles. The lowest BCUT2D eigenvalue weighted by molar-refractivity contribution is -0.115. The summed E-state index contributed by atoms with van der Waals surface area (Å²) in [5, 5.41) is 21.4. The van der Waals surface area contributed by atoms with E-state index in [0.29, 0.717) is 26.9 Å². The lowest BCUT2D eigenvalue weighted by Crippen LogP contribution is -2.25. The van der Waals surface area contributed by atoms with Crippen molar-refractivity contribution >= 4 is 62.3 Å². The summed E-state index contributed by atoms with van der Waals surface area (Å²) in [5.41, 5.74) is 11.9. The fourth-order valence-corrected chi connectivity index (χ4v) is 5.75. The van der Waals surface area contributed by atoms with Gasteiger partial charge in [0.1, 0.15) is 11.4 Å². The van der Waals surface area contributed by atoms with Gasteiger partial charge in [-0.15, -0.1) is 5.10 Å². The molecule has 0 radical (unpaired) electrons. The molecule has 3 aromatic carbocycles. The molecule has 0 saturated carbocycles. The van der Waals surface area contributed by atoms with Gasteiger partial charge in [-0.2, -0.15) is 10.2 Å². The fourth-order valence-electron chi connectivity index (χ4n) is 4.34. The van der Waals surface area contributed by atoms with Crippen LogP contribution in [0.5, 0.6) is 0 Å². The summed E-state index contributed by atoms with van der Waals surface area (Å²) < 4.78 is 26.0. The summed E-state index contributed by atoms with van der Waals surface area (Å²) >= 11 is 7.13. The highest BCUT2D eigenvalue weighted by molar-refractivity contribution is 8.18. The number of hydrogen-bond donors (Lipinski definition) is 4. The van der Waals surface area contributed by atoms with E-state index in [9.17, 15) is 18.0 Å². The molecule has 1 aliphatic heterocycles. The highest BCUT2D eigenvalue weighted by Crippen LogP contribution is 2.31. The van der Waals surface area contributed by atoms with Gasteiger partial charge in [-0.05, 0) is 66.4 Å². The third-order valence-corrected chi connectivity index (χ3v) is 8.63. The van der Waals surface area contributed by atoms with Crippen molar-refractivity contribution in [2.45, 2.75) is 4.90 Å². The van der Waals surface area contributed by atoms with E-state index in [2.05, 4.69) is 20.9 Å². The van der Waals surface area contributed by atoms with Crippen LogP contribution < -0.4 is 21.6 Å². The van der Waals surface area contributed by atoms with Crippen LogP contribution in [0.3, 0.4) is 0 Å². The molecule has 0 spiro atoms. The number of amides is 2. The zero-order valence-electron chi connectivity index (χ0n) is 23.0. The molecule has 226 valence electrons. The number of para-hydroxylation sites is 1. The van der Waals surface area contributed by atoms with Gasteiger partial charge in [0.15, 0.2) is 5.17 Å². The maximum absolute atomic E-state index is 12.9. The molecule has 0 atom stereocenters. The number of rotatable bonds is 7. The van der Waals surface area contributed by atoms with Crippen molar-refractivity contribution in [3.05, 3.63) is 112 Å². The Balaban J connectivity index is 1.21. The van der Waals surface area contributed by atoms with E-state index in [0.717, 1.165) is 23.0 Å². The number of primary sulfonamides is 1. The van der Waals surface area contributed by atoms with Crippen molar-refractivity contribution < 1.29 is 18.0 Å². The SMILES string of the molecule is Nc1c(C(=O)N/N=C2\NC(=O)/C(=C/c3cn(-c4ccccc4)nc3-c3ccc(Cl)cc3)S2)cnn1-c1ccc(S(N)(=O)=O)cc1. The standard InChI is InChI=1S/C29H22ClN9O4S2/c30-19-8-6-17(7-9-19)25-18(16-38(37-25)20-4-2-1-3-5-20)14-24-28(41)34-29(44-24)36-35-27(40)23-15-33-39(26(23)31)21-10-12-22(13-11-21)45(32,42)43/h1-16H,31H2,(H,35,40)(H2,32,42,43)(H,34,36,41)/b24-14-. The normalized spacial score (nSPS) is 15.0. The van der Waals surface area contributed by atoms with E-state index < -0.39 is 21.8 Å². The Morgan fingerprint density at radius 3 is 2.42 bits per heavy atom. The van der Waals surface area contributed by atoms with Gasteiger partial charge in [-0.1, -0.05) is 41.9 Å². The van der Waals surface area contributed by atoms with Gasteiger partial charge in [0.2, 0.25) is 10.0 Å². The molecule has 16 heteroatoms. The summed E-state index contributed by atoms with van der Waals surface area (Å²) in [5.74, 6) is -1.09. The largest absolute Gasteiger partial charge is 0.383 e. The molecule has 45 heavy (non-hydrogen) atoms. The minimum absolute atomic E-state index is 0.00934. The third kappa shape index (κ3) is 6.37. The first-order chi connectivity index (χ1) is 21.6. The molecule has 2 aromatic heterocycles. The van der Waals surface area contributed by atoms with Gasteiger partial charge in [0.25, 0.3) is 11.8 Å². The van der Waals surface area contributed by atoms with Crippen molar-refractivity contribution in [3.63, 3.8) is 0 Å². The number of benzene rings is 3. The molecule has 0 bridgehead atoms. The van der Waals surface area contributed by atoms with Crippen LogP contribution in [0.2, 0.25) is 5.02 Å². The molecule has 6 rings (SSSR count). The molecular weight excluding hydrogens is 638 g/mol. The second-order valence-electron chi connectivity index (χ2n) is 9.54. The molecule has 0 aliphatic carbocycles. The molecule has 13 nitrogen and oxygen atoms in total. The number of nitrogens with one attached hydrogen (secondary N) is 2. The highest BCUT2D eigenvalue weighted by Gasteiger charge is 2.26. The predicted octanol–water partition coefficient (Wildman–Crippen LogP) is 3.51. The topological polar surface area (TPSA) is 192 Å². The molecule has 3 heterocycles. The highest BCUT2D eigenvalue weighted by atomic mass is 35.5. The summed E-state index contributed by atoms with van der Waals surface area (Å²) in [4.78, 5) is 26.0. The summed E-state index contributed by atoms with van der Waals surface area (Å²) in [6.45, 7) is 0. The van der Waals surface area contributed by atoms with Gasteiger partial charge in [-0.25, -0.2) is 28.3 Å². The molecule has 2 amide bonds. The van der Waals surface area contributed by atoms with Crippen molar-refractivity contribution in [2.24, 2.45) is 10.2 Å². The second kappa shape index (κ2) is 12.0. The number of aromatic nitrogens is 4. The van der Waals surface area contributed by atoms with E-state index in [1.54, 1.807) is 22.9 Å². The Hall–Kier alpha value is -5.22. The number of amidine groups is 1. The van der Waals surface area contributed by atoms with Crippen molar-refractivity contribution in [1.29, 1.82) is 0 Å². The van der Waals surface area contributed by atoms with Crippen molar-refractivity contribution in [1.82, 2.24) is 30.3 Å². The predicted molar refractivity (Wildman–Crippen MR) is 172 cm³/mol. The fraction of sp³-hybridized carbons (Fsp3) is 0. The quantitative estimate of drug-likeness (QED) is 0.151. The number of thioether (sulfide) groups is 1. The zero-order chi connectivity index (χ0) is 31.7. The Labute approximate surface area is 265 Å². The summed E-state index contributed by atoms with van der Waals surface area (Å²) in [6.07, 6.45) is 4.76. The smallest absolute Gasteiger partial charge is 0.276 e. The van der Waals surface area contributed by atoms with Crippen LogP contribution in [0.15, 0.2) is 106 Å². The number of hydrazone groups is 1. The Morgan fingerprint density at radius 2 is 1.73 bits per heavy atom. The molecular formula is C29H22ClN9O4S2. The van der Waals surface area contributed by atoms with E-state index >= 15 is 0 Å².